The molecule has 4 heteroatoms. The number of carbonyl (C=O) groups is 1. The van der Waals surface area contributed by atoms with Gasteiger partial charge in [0, 0.05) is 19.2 Å². The van der Waals surface area contributed by atoms with Crippen molar-refractivity contribution in [1.29, 1.82) is 0 Å². The number of amides is 1. The van der Waals surface area contributed by atoms with Crippen molar-refractivity contribution in [3.05, 3.63) is 0 Å². The van der Waals surface area contributed by atoms with Crippen molar-refractivity contribution in [3.63, 3.8) is 0 Å². The molecule has 0 radical (unpaired) electrons. The van der Waals surface area contributed by atoms with Gasteiger partial charge in [0.2, 0.25) is 5.91 Å². The van der Waals surface area contributed by atoms with Crippen molar-refractivity contribution in [1.82, 2.24) is 4.90 Å². The number of carbonyl (C=O) groups excluding carboxylic acids is 1. The predicted molar refractivity (Wildman–Crippen MR) is 54.7 cm³/mol. The number of primary amides is 1. The molecule has 1 aliphatic carbocycles. The highest BCUT2D eigenvalue weighted by Crippen LogP contribution is 2.26. The molecule has 0 bridgehead atoms. The van der Waals surface area contributed by atoms with Crippen LogP contribution in [-0.4, -0.2) is 41.1 Å². The zero-order valence-corrected chi connectivity index (χ0v) is 8.78. The molecule has 0 aromatic rings. The van der Waals surface area contributed by atoms with E-state index in [1.54, 1.807) is 0 Å². The second kappa shape index (κ2) is 5.32. The molecular weight excluding hydrogens is 180 g/mol. The van der Waals surface area contributed by atoms with Crippen LogP contribution >= 0.6 is 0 Å². The van der Waals surface area contributed by atoms with Crippen LogP contribution in [0.25, 0.3) is 0 Å². The molecule has 82 valence electrons. The summed E-state index contributed by atoms with van der Waals surface area (Å²) in [4.78, 5) is 13.2. The molecule has 1 unspecified atom stereocenters. The van der Waals surface area contributed by atoms with E-state index in [9.17, 15) is 4.79 Å². The lowest BCUT2D eigenvalue weighted by Gasteiger charge is -2.40. The third kappa shape index (κ3) is 2.69. The van der Waals surface area contributed by atoms with Crippen molar-refractivity contribution < 1.29 is 9.90 Å². The minimum Gasteiger partial charge on any atom is -0.396 e. The molecule has 0 aromatic carbocycles. The molecule has 1 saturated carbocycles. The minimum atomic E-state index is -0.269. The largest absolute Gasteiger partial charge is 0.396 e. The first-order valence-electron chi connectivity index (χ1n) is 5.32. The monoisotopic (exact) mass is 200 g/mol. The summed E-state index contributed by atoms with van der Waals surface area (Å²) in [5, 5.41) is 8.77. The summed E-state index contributed by atoms with van der Waals surface area (Å²) in [6, 6.07) is 0.302. The van der Waals surface area contributed by atoms with E-state index in [1.165, 1.54) is 6.42 Å². The van der Waals surface area contributed by atoms with Gasteiger partial charge in [-0.2, -0.15) is 0 Å². The molecule has 0 saturated heterocycles. The van der Waals surface area contributed by atoms with Gasteiger partial charge >= 0.3 is 0 Å². The van der Waals surface area contributed by atoms with Gasteiger partial charge in [-0.05, 0) is 26.2 Å². The van der Waals surface area contributed by atoms with Crippen LogP contribution in [0.2, 0.25) is 0 Å². The zero-order chi connectivity index (χ0) is 10.6. The van der Waals surface area contributed by atoms with Crippen molar-refractivity contribution in [2.45, 2.75) is 44.7 Å². The SMILES string of the molecule is CC(C(N)=O)N(CCCO)C1CCC1. The van der Waals surface area contributed by atoms with Crippen LogP contribution in [0.1, 0.15) is 32.6 Å². The fraction of sp³-hybridized carbons (Fsp3) is 0.900. The van der Waals surface area contributed by atoms with Crippen LogP contribution in [0.5, 0.6) is 0 Å². The van der Waals surface area contributed by atoms with Crippen LogP contribution in [0.15, 0.2) is 0 Å². The summed E-state index contributed by atoms with van der Waals surface area (Å²) in [6.07, 6.45) is 4.27. The van der Waals surface area contributed by atoms with E-state index in [0.717, 1.165) is 19.4 Å². The molecule has 0 spiro atoms. The van der Waals surface area contributed by atoms with E-state index in [2.05, 4.69) is 4.90 Å². The normalized spacial score (nSPS) is 19.4. The molecule has 1 rings (SSSR count). The van der Waals surface area contributed by atoms with Crippen LogP contribution in [0.3, 0.4) is 0 Å². The molecule has 1 atom stereocenters. The topological polar surface area (TPSA) is 66.6 Å². The van der Waals surface area contributed by atoms with Crippen molar-refractivity contribution in [3.8, 4) is 0 Å². The average molecular weight is 200 g/mol. The molecule has 14 heavy (non-hydrogen) atoms. The maximum atomic E-state index is 11.1. The maximum Gasteiger partial charge on any atom is 0.234 e. The van der Waals surface area contributed by atoms with Crippen molar-refractivity contribution in [2.24, 2.45) is 5.73 Å². The Labute approximate surface area is 85.1 Å². The molecule has 1 aliphatic rings. The molecule has 4 nitrogen and oxygen atoms in total. The number of hydrogen-bond acceptors (Lipinski definition) is 3. The molecular formula is C10H20N2O2. The summed E-state index contributed by atoms with van der Waals surface area (Å²) in [5.41, 5.74) is 5.28. The van der Waals surface area contributed by atoms with Crippen LogP contribution in [0.4, 0.5) is 0 Å². The first-order chi connectivity index (χ1) is 6.66. The molecule has 3 N–H and O–H groups in total. The molecule has 1 fully saturated rings. The Bertz CT molecular complexity index is 193. The Hall–Kier alpha value is -0.610. The second-order valence-corrected chi connectivity index (χ2v) is 3.98. The van der Waals surface area contributed by atoms with Gasteiger partial charge in [-0.15, -0.1) is 0 Å². The van der Waals surface area contributed by atoms with Gasteiger partial charge in [0.05, 0.1) is 6.04 Å². The highest BCUT2D eigenvalue weighted by molar-refractivity contribution is 5.79. The van der Waals surface area contributed by atoms with Crippen LogP contribution in [-0.2, 0) is 4.79 Å². The highest BCUT2D eigenvalue weighted by atomic mass is 16.3. The standard InChI is InChI=1S/C10H20N2O2/c1-8(10(11)14)12(6-3-7-13)9-4-2-5-9/h8-9,13H,2-7H2,1H3,(H2,11,14). The Morgan fingerprint density at radius 2 is 2.29 bits per heavy atom. The van der Waals surface area contributed by atoms with Gasteiger partial charge in [-0.3, -0.25) is 9.69 Å². The summed E-state index contributed by atoms with van der Waals surface area (Å²) in [7, 11) is 0. The molecule has 0 heterocycles. The Kier molecular flexibility index (Phi) is 4.35. The van der Waals surface area contributed by atoms with E-state index < -0.39 is 0 Å². The minimum absolute atomic E-state index is 0.175. The third-order valence-corrected chi connectivity index (χ3v) is 3.03. The van der Waals surface area contributed by atoms with E-state index in [4.69, 9.17) is 10.8 Å². The fourth-order valence-electron chi connectivity index (χ4n) is 1.83. The lowest BCUT2D eigenvalue weighted by atomic mass is 9.90. The van der Waals surface area contributed by atoms with E-state index in [1.807, 2.05) is 6.92 Å². The summed E-state index contributed by atoms with van der Waals surface area (Å²) in [6.45, 7) is 2.79. The number of hydrogen-bond donors (Lipinski definition) is 2. The van der Waals surface area contributed by atoms with Gasteiger partial charge in [0.25, 0.3) is 0 Å². The van der Waals surface area contributed by atoms with Crippen LogP contribution in [0, 0.1) is 0 Å². The molecule has 1 amide bonds. The quantitative estimate of drug-likeness (QED) is 0.639. The second-order valence-electron chi connectivity index (χ2n) is 3.98. The number of nitrogens with zero attached hydrogens (tertiary/aromatic N) is 1. The first-order valence-corrected chi connectivity index (χ1v) is 5.32. The molecule has 0 aliphatic heterocycles. The number of aliphatic hydroxyl groups excluding tert-OH is 1. The van der Waals surface area contributed by atoms with Gasteiger partial charge in [-0.1, -0.05) is 6.42 Å². The average Bonchev–Trinajstić information content (AvgIpc) is 2.07. The Morgan fingerprint density at radius 3 is 2.64 bits per heavy atom. The lowest BCUT2D eigenvalue weighted by molar-refractivity contribution is -0.124. The fourth-order valence-corrected chi connectivity index (χ4v) is 1.83. The lowest BCUT2D eigenvalue weighted by Crippen LogP contribution is -2.51. The third-order valence-electron chi connectivity index (χ3n) is 3.03. The van der Waals surface area contributed by atoms with E-state index in [0.29, 0.717) is 12.5 Å². The first kappa shape index (κ1) is 11.5. The van der Waals surface area contributed by atoms with Gasteiger partial charge < -0.3 is 10.8 Å². The summed E-state index contributed by atoms with van der Waals surface area (Å²) < 4.78 is 0. The highest BCUT2D eigenvalue weighted by Gasteiger charge is 2.30. The van der Waals surface area contributed by atoms with E-state index >= 15 is 0 Å². The maximum absolute atomic E-state index is 11.1. The Morgan fingerprint density at radius 1 is 1.64 bits per heavy atom. The Balaban J connectivity index is 2.46. The van der Waals surface area contributed by atoms with Crippen molar-refractivity contribution >= 4 is 5.91 Å². The van der Waals surface area contributed by atoms with Crippen LogP contribution < -0.4 is 5.73 Å². The predicted octanol–water partition coefficient (Wildman–Crippen LogP) is 0.0971. The molecule has 0 aromatic heterocycles. The summed E-state index contributed by atoms with van der Waals surface area (Å²) >= 11 is 0. The summed E-state index contributed by atoms with van der Waals surface area (Å²) in [5.74, 6) is -0.269. The van der Waals surface area contributed by atoms with Crippen molar-refractivity contribution in [2.75, 3.05) is 13.2 Å². The zero-order valence-electron chi connectivity index (χ0n) is 8.78. The number of aliphatic hydroxyl groups is 1. The smallest absolute Gasteiger partial charge is 0.234 e. The van der Waals surface area contributed by atoms with Gasteiger partial charge in [0.15, 0.2) is 0 Å². The van der Waals surface area contributed by atoms with E-state index in [-0.39, 0.29) is 18.6 Å². The van der Waals surface area contributed by atoms with Gasteiger partial charge in [0.1, 0.15) is 0 Å². The van der Waals surface area contributed by atoms with Gasteiger partial charge in [-0.25, -0.2) is 0 Å². The number of nitrogens with two attached hydrogens (primary N) is 1. The number of rotatable bonds is 6.